The number of nitrogens with zero attached hydrogens (tertiary/aromatic N) is 1. The van der Waals surface area contributed by atoms with Gasteiger partial charge in [-0.15, -0.1) is 17.8 Å². The zero-order valence-corrected chi connectivity index (χ0v) is 12.8. The van der Waals surface area contributed by atoms with Gasteiger partial charge >= 0.3 is 0 Å². The van der Waals surface area contributed by atoms with Crippen LogP contribution in [0.25, 0.3) is 0 Å². The zero-order chi connectivity index (χ0) is 14.0. The topological polar surface area (TPSA) is 49.4 Å². The molecule has 0 saturated heterocycles. The van der Waals surface area contributed by atoms with Crippen LogP contribution < -0.4 is 5.32 Å². The number of hydrogen-bond acceptors (Lipinski definition) is 4. The van der Waals surface area contributed by atoms with Crippen molar-refractivity contribution in [3.63, 3.8) is 0 Å². The first-order chi connectivity index (χ1) is 8.96. The third kappa shape index (κ3) is 3.18. The number of sulfonamides is 1. The summed E-state index contributed by atoms with van der Waals surface area (Å²) in [5.74, 6) is 2.37. The number of hydrogen-bond donors (Lipinski definition) is 1. The summed E-state index contributed by atoms with van der Waals surface area (Å²) in [4.78, 5) is 1.29. The molecule has 6 heteroatoms. The SMILES string of the molecule is C#CCN(C)S(=O)(=O)c1c(C)csc1CNC1CC1. The highest BCUT2D eigenvalue weighted by molar-refractivity contribution is 7.89. The summed E-state index contributed by atoms with van der Waals surface area (Å²) in [7, 11) is -1.97. The van der Waals surface area contributed by atoms with Crippen LogP contribution >= 0.6 is 11.3 Å². The Morgan fingerprint density at radius 3 is 2.84 bits per heavy atom. The van der Waals surface area contributed by atoms with Crippen LogP contribution in [-0.4, -0.2) is 32.4 Å². The molecule has 2 rings (SSSR count). The van der Waals surface area contributed by atoms with E-state index in [4.69, 9.17) is 6.42 Å². The molecule has 0 bridgehead atoms. The van der Waals surface area contributed by atoms with Gasteiger partial charge in [0.25, 0.3) is 0 Å². The molecule has 1 aromatic rings. The van der Waals surface area contributed by atoms with Crippen LogP contribution in [0.4, 0.5) is 0 Å². The number of aryl methyl sites for hydroxylation is 1. The Kier molecular flexibility index (Phi) is 4.31. The van der Waals surface area contributed by atoms with Gasteiger partial charge < -0.3 is 5.32 Å². The van der Waals surface area contributed by atoms with Crippen molar-refractivity contribution in [2.75, 3.05) is 13.6 Å². The molecule has 0 amide bonds. The van der Waals surface area contributed by atoms with Gasteiger partial charge in [-0.1, -0.05) is 5.92 Å². The molecule has 0 unspecified atom stereocenters. The van der Waals surface area contributed by atoms with E-state index < -0.39 is 10.0 Å². The lowest BCUT2D eigenvalue weighted by Crippen LogP contribution is -2.28. The Morgan fingerprint density at radius 2 is 2.26 bits per heavy atom. The molecule has 0 atom stereocenters. The van der Waals surface area contributed by atoms with Crippen molar-refractivity contribution in [1.82, 2.24) is 9.62 Å². The van der Waals surface area contributed by atoms with Crippen LogP contribution in [0.2, 0.25) is 0 Å². The predicted molar refractivity (Wildman–Crippen MR) is 77.6 cm³/mol. The number of nitrogens with one attached hydrogen (secondary N) is 1. The maximum Gasteiger partial charge on any atom is 0.245 e. The summed E-state index contributed by atoms with van der Waals surface area (Å²) in [5.41, 5.74) is 0.793. The lowest BCUT2D eigenvalue weighted by Gasteiger charge is -2.16. The molecule has 0 aromatic carbocycles. The summed E-state index contributed by atoms with van der Waals surface area (Å²) < 4.78 is 26.2. The van der Waals surface area contributed by atoms with Crippen molar-refractivity contribution in [2.24, 2.45) is 0 Å². The van der Waals surface area contributed by atoms with E-state index in [-0.39, 0.29) is 6.54 Å². The van der Waals surface area contributed by atoms with E-state index in [1.54, 1.807) is 0 Å². The van der Waals surface area contributed by atoms with Crippen molar-refractivity contribution in [1.29, 1.82) is 0 Å². The standard InChI is InChI=1S/C13H18N2O2S2/c1-4-7-15(3)19(16,17)13-10(2)9-18-12(13)8-14-11-5-6-11/h1,9,11,14H,5-8H2,2-3H3. The van der Waals surface area contributed by atoms with Gasteiger partial charge in [0.2, 0.25) is 10.0 Å². The molecule has 1 saturated carbocycles. The van der Waals surface area contributed by atoms with Crippen LogP contribution in [-0.2, 0) is 16.6 Å². The zero-order valence-electron chi connectivity index (χ0n) is 11.1. The summed E-state index contributed by atoms with van der Waals surface area (Å²) in [5, 5.41) is 5.25. The van der Waals surface area contributed by atoms with E-state index >= 15 is 0 Å². The summed E-state index contributed by atoms with van der Waals surface area (Å²) in [6.45, 7) is 2.53. The van der Waals surface area contributed by atoms with Gasteiger partial charge in [-0.3, -0.25) is 0 Å². The molecule has 1 aliphatic carbocycles. The van der Waals surface area contributed by atoms with Gasteiger partial charge in [0.05, 0.1) is 6.54 Å². The van der Waals surface area contributed by atoms with E-state index in [0.29, 0.717) is 17.5 Å². The highest BCUT2D eigenvalue weighted by atomic mass is 32.2. The van der Waals surface area contributed by atoms with E-state index in [2.05, 4.69) is 11.2 Å². The Labute approximate surface area is 118 Å². The van der Waals surface area contributed by atoms with Crippen LogP contribution in [0, 0.1) is 19.3 Å². The number of rotatable bonds is 6. The van der Waals surface area contributed by atoms with Gasteiger partial charge in [-0.2, -0.15) is 4.31 Å². The van der Waals surface area contributed by atoms with Gasteiger partial charge in [0.1, 0.15) is 4.90 Å². The predicted octanol–water partition coefficient (Wildman–Crippen LogP) is 1.56. The minimum atomic E-state index is -3.49. The van der Waals surface area contributed by atoms with Crippen molar-refractivity contribution >= 4 is 21.4 Å². The van der Waals surface area contributed by atoms with E-state index in [9.17, 15) is 8.42 Å². The summed E-state index contributed by atoms with van der Waals surface area (Å²) in [6.07, 6.45) is 7.56. The van der Waals surface area contributed by atoms with E-state index in [1.807, 2.05) is 12.3 Å². The lowest BCUT2D eigenvalue weighted by molar-refractivity contribution is 0.501. The third-order valence-corrected chi connectivity index (χ3v) is 6.37. The molecule has 1 aromatic heterocycles. The third-order valence-electron chi connectivity index (χ3n) is 3.10. The van der Waals surface area contributed by atoms with E-state index in [0.717, 1.165) is 10.4 Å². The monoisotopic (exact) mass is 298 g/mol. The smallest absolute Gasteiger partial charge is 0.245 e. The Balaban J connectivity index is 2.26. The summed E-state index contributed by atoms with van der Waals surface area (Å²) in [6, 6.07) is 0.557. The minimum absolute atomic E-state index is 0.0904. The quantitative estimate of drug-likeness (QED) is 0.811. The van der Waals surface area contributed by atoms with Crippen molar-refractivity contribution in [3.05, 3.63) is 15.8 Å². The highest BCUT2D eigenvalue weighted by Gasteiger charge is 2.28. The largest absolute Gasteiger partial charge is 0.309 e. The highest BCUT2D eigenvalue weighted by Crippen LogP contribution is 2.30. The molecule has 104 valence electrons. The van der Waals surface area contributed by atoms with Crippen LogP contribution in [0.5, 0.6) is 0 Å². The molecular weight excluding hydrogens is 280 g/mol. The molecule has 1 aliphatic rings. The van der Waals surface area contributed by atoms with Gasteiger partial charge in [-0.05, 0) is 30.7 Å². The molecule has 0 radical (unpaired) electrons. The average molecular weight is 298 g/mol. The Bertz CT molecular complexity index is 595. The van der Waals surface area contributed by atoms with Crippen LogP contribution in [0.15, 0.2) is 10.3 Å². The fourth-order valence-corrected chi connectivity index (χ4v) is 4.64. The average Bonchev–Trinajstić information content (AvgIpc) is 3.10. The van der Waals surface area contributed by atoms with Crippen molar-refractivity contribution in [3.8, 4) is 12.3 Å². The minimum Gasteiger partial charge on any atom is -0.309 e. The van der Waals surface area contributed by atoms with Gasteiger partial charge in [0.15, 0.2) is 0 Å². The second kappa shape index (κ2) is 5.63. The Morgan fingerprint density at radius 1 is 1.58 bits per heavy atom. The number of terminal acetylenes is 1. The molecule has 19 heavy (non-hydrogen) atoms. The lowest BCUT2D eigenvalue weighted by atomic mass is 10.3. The van der Waals surface area contributed by atoms with Crippen molar-refractivity contribution < 1.29 is 8.42 Å². The summed E-state index contributed by atoms with van der Waals surface area (Å²) >= 11 is 1.49. The fraction of sp³-hybridized carbons (Fsp3) is 0.538. The molecule has 1 N–H and O–H groups in total. The molecule has 0 spiro atoms. The first kappa shape index (κ1) is 14.5. The first-order valence-electron chi connectivity index (χ1n) is 6.17. The normalized spacial score (nSPS) is 15.7. The van der Waals surface area contributed by atoms with Crippen molar-refractivity contribution in [2.45, 2.75) is 37.2 Å². The second-order valence-corrected chi connectivity index (χ2v) is 7.74. The van der Waals surface area contributed by atoms with E-state index in [1.165, 1.54) is 35.5 Å². The molecule has 1 fully saturated rings. The maximum absolute atomic E-state index is 12.5. The second-order valence-electron chi connectivity index (χ2n) is 4.79. The fourth-order valence-electron chi connectivity index (χ4n) is 1.85. The van der Waals surface area contributed by atoms with Gasteiger partial charge in [0, 0.05) is 24.5 Å². The molecule has 0 aliphatic heterocycles. The molecular formula is C13H18N2O2S2. The molecule has 4 nitrogen and oxygen atoms in total. The van der Waals surface area contributed by atoms with Gasteiger partial charge in [-0.25, -0.2) is 8.42 Å². The van der Waals surface area contributed by atoms with Crippen LogP contribution in [0.3, 0.4) is 0 Å². The first-order valence-corrected chi connectivity index (χ1v) is 8.49. The number of thiophene rings is 1. The molecule has 1 heterocycles. The Hall–Kier alpha value is -0.870. The van der Waals surface area contributed by atoms with Crippen LogP contribution in [0.1, 0.15) is 23.3 Å². The maximum atomic E-state index is 12.5.